The maximum atomic E-state index is 13.8. The van der Waals surface area contributed by atoms with Crippen LogP contribution in [0.1, 0.15) is 67.1 Å². The third kappa shape index (κ3) is 8.27. The number of piperazine rings is 1. The van der Waals surface area contributed by atoms with Crippen LogP contribution in [-0.4, -0.2) is 98.4 Å². The molecule has 0 spiro atoms. The van der Waals surface area contributed by atoms with E-state index in [1.54, 1.807) is 7.11 Å². The lowest BCUT2D eigenvalue weighted by molar-refractivity contribution is -0.144. The Hall–Kier alpha value is -3.07. The van der Waals surface area contributed by atoms with E-state index in [0.29, 0.717) is 37.7 Å². The molecule has 0 amide bonds. The second-order valence-corrected chi connectivity index (χ2v) is 12.6. The number of esters is 1. The van der Waals surface area contributed by atoms with Crippen LogP contribution in [0, 0.1) is 11.3 Å². The normalized spacial score (nSPS) is 20.2. The summed E-state index contributed by atoms with van der Waals surface area (Å²) in [5.74, 6) is 0.590. The number of ether oxygens (including phenoxy) is 2. The van der Waals surface area contributed by atoms with Gasteiger partial charge in [0, 0.05) is 64.5 Å². The van der Waals surface area contributed by atoms with Crippen molar-refractivity contribution in [1.29, 1.82) is 5.41 Å². The van der Waals surface area contributed by atoms with Crippen LogP contribution in [0.3, 0.4) is 0 Å². The van der Waals surface area contributed by atoms with Gasteiger partial charge in [0.2, 0.25) is 0 Å². The standard InChI is InChI=1S/C34H48N4O4/c1-6-42-31(40)24-37-15-13-36(14-16-37)21-25-18-28(20-29(19-25)34(2,3)4)30(39)23-38-22-27(12-17-41-5)32(33(38)35)26-10-8-7-9-11-26/h7-11,18-20,27,32,35H,6,12-17,21-24H2,1-5H3/t27-,32+/m0/s1. The van der Waals surface area contributed by atoms with E-state index in [1.165, 1.54) is 0 Å². The van der Waals surface area contributed by atoms with Crippen LogP contribution < -0.4 is 0 Å². The smallest absolute Gasteiger partial charge is 0.320 e. The van der Waals surface area contributed by atoms with E-state index in [1.807, 2.05) is 42.2 Å². The molecular weight excluding hydrogens is 528 g/mol. The van der Waals surface area contributed by atoms with Gasteiger partial charge in [0.25, 0.3) is 0 Å². The lowest BCUT2D eigenvalue weighted by Gasteiger charge is -2.34. The van der Waals surface area contributed by atoms with Crippen LogP contribution in [0.25, 0.3) is 0 Å². The van der Waals surface area contributed by atoms with Gasteiger partial charge >= 0.3 is 5.97 Å². The molecule has 2 saturated heterocycles. The minimum absolute atomic E-state index is 0.0342. The Morgan fingerprint density at radius 1 is 0.976 bits per heavy atom. The summed E-state index contributed by atoms with van der Waals surface area (Å²) >= 11 is 0. The summed E-state index contributed by atoms with van der Waals surface area (Å²) in [5.41, 5.74) is 4.00. The van der Waals surface area contributed by atoms with Gasteiger partial charge in [-0.3, -0.25) is 24.8 Å². The number of hydrogen-bond acceptors (Lipinski definition) is 7. The SMILES string of the molecule is CCOC(=O)CN1CCN(Cc2cc(C(=O)CN3C[C@H](CCOC)[C@@H](c4ccccc4)C3=N)cc(C(C)(C)C)c2)CC1. The topological polar surface area (TPSA) is 86.2 Å². The molecular formula is C34H48N4O4. The first-order valence-corrected chi connectivity index (χ1v) is 15.2. The van der Waals surface area contributed by atoms with Gasteiger partial charge in [-0.2, -0.15) is 0 Å². The zero-order valence-electron chi connectivity index (χ0n) is 26.0. The minimum Gasteiger partial charge on any atom is -0.465 e. The van der Waals surface area contributed by atoms with Gasteiger partial charge in [-0.25, -0.2) is 0 Å². The summed E-state index contributed by atoms with van der Waals surface area (Å²) in [6.45, 7) is 14.7. The number of benzene rings is 2. The summed E-state index contributed by atoms with van der Waals surface area (Å²) in [4.78, 5) is 32.2. The van der Waals surface area contributed by atoms with Crippen molar-refractivity contribution in [1.82, 2.24) is 14.7 Å². The van der Waals surface area contributed by atoms with Crippen molar-refractivity contribution < 1.29 is 19.1 Å². The fraction of sp³-hybridized carbons (Fsp3) is 0.559. The molecule has 8 heteroatoms. The molecule has 42 heavy (non-hydrogen) atoms. The molecule has 2 fully saturated rings. The average molecular weight is 577 g/mol. The van der Waals surface area contributed by atoms with Gasteiger partial charge in [0.1, 0.15) is 5.84 Å². The number of nitrogens with one attached hydrogen (secondary N) is 1. The summed E-state index contributed by atoms with van der Waals surface area (Å²) in [6, 6.07) is 16.5. The van der Waals surface area contributed by atoms with E-state index in [4.69, 9.17) is 14.9 Å². The molecule has 0 aromatic heterocycles. The maximum absolute atomic E-state index is 13.8. The molecule has 0 saturated carbocycles. The van der Waals surface area contributed by atoms with Crippen molar-refractivity contribution in [2.75, 3.05) is 66.1 Å². The lowest BCUT2D eigenvalue weighted by Crippen LogP contribution is -2.47. The fourth-order valence-electron chi connectivity index (χ4n) is 6.07. The van der Waals surface area contributed by atoms with Crippen molar-refractivity contribution in [3.05, 3.63) is 70.8 Å². The molecule has 0 aliphatic carbocycles. The highest BCUT2D eigenvalue weighted by atomic mass is 16.5. The summed E-state index contributed by atoms with van der Waals surface area (Å²) in [6.07, 6.45) is 0.847. The van der Waals surface area contributed by atoms with Crippen LogP contribution in [0.2, 0.25) is 0 Å². The first-order valence-electron chi connectivity index (χ1n) is 15.2. The zero-order chi connectivity index (χ0) is 30.3. The Bertz CT molecular complexity index is 1220. The lowest BCUT2D eigenvalue weighted by atomic mass is 9.84. The van der Waals surface area contributed by atoms with E-state index < -0.39 is 0 Å². The van der Waals surface area contributed by atoms with Gasteiger partial charge in [-0.05, 0) is 53.5 Å². The highest BCUT2D eigenvalue weighted by molar-refractivity contribution is 6.01. The van der Waals surface area contributed by atoms with Gasteiger partial charge in [0.15, 0.2) is 5.78 Å². The molecule has 228 valence electrons. The molecule has 0 bridgehead atoms. The molecule has 2 heterocycles. The third-order valence-electron chi connectivity index (χ3n) is 8.46. The number of nitrogens with zero attached hydrogens (tertiary/aromatic N) is 3. The first kappa shape index (κ1) is 31.9. The second-order valence-electron chi connectivity index (χ2n) is 12.6. The number of methoxy groups -OCH3 is 1. The molecule has 4 rings (SSSR count). The van der Waals surface area contributed by atoms with E-state index >= 15 is 0 Å². The second kappa shape index (κ2) is 14.4. The van der Waals surface area contributed by atoms with Crippen LogP contribution in [-0.2, 0) is 26.2 Å². The minimum atomic E-state index is -0.168. The first-order chi connectivity index (χ1) is 20.1. The van der Waals surface area contributed by atoms with Crippen LogP contribution in [0.4, 0.5) is 0 Å². The van der Waals surface area contributed by atoms with Crippen molar-refractivity contribution in [3.63, 3.8) is 0 Å². The van der Waals surface area contributed by atoms with E-state index in [9.17, 15) is 9.59 Å². The summed E-state index contributed by atoms with van der Waals surface area (Å²) in [7, 11) is 1.71. The molecule has 2 aromatic carbocycles. The molecule has 2 aliphatic heterocycles. The van der Waals surface area contributed by atoms with Crippen molar-refractivity contribution in [2.45, 2.75) is 52.0 Å². The predicted octanol–water partition coefficient (Wildman–Crippen LogP) is 4.58. The van der Waals surface area contributed by atoms with Crippen molar-refractivity contribution in [3.8, 4) is 0 Å². The van der Waals surface area contributed by atoms with Gasteiger partial charge < -0.3 is 14.4 Å². The molecule has 0 radical (unpaired) electrons. The molecule has 1 N–H and O–H groups in total. The average Bonchev–Trinajstić information content (AvgIpc) is 3.27. The largest absolute Gasteiger partial charge is 0.465 e. The Morgan fingerprint density at radius 2 is 1.67 bits per heavy atom. The number of Topliss-reactive ketones (excluding diaryl/α,β-unsaturated/α-hetero) is 1. The van der Waals surface area contributed by atoms with Gasteiger partial charge in [-0.1, -0.05) is 57.2 Å². The highest BCUT2D eigenvalue weighted by Gasteiger charge is 2.39. The quantitative estimate of drug-likeness (QED) is 0.293. The molecule has 2 aromatic rings. The summed E-state index contributed by atoms with van der Waals surface area (Å²) in [5, 5.41) is 9.05. The molecule has 0 unspecified atom stereocenters. The third-order valence-corrected chi connectivity index (χ3v) is 8.46. The van der Waals surface area contributed by atoms with Crippen LogP contribution in [0.15, 0.2) is 48.5 Å². The highest BCUT2D eigenvalue weighted by Crippen LogP contribution is 2.36. The number of carbonyl (C=O) groups is 2. The number of ketones is 1. The number of hydrogen-bond donors (Lipinski definition) is 1. The monoisotopic (exact) mass is 576 g/mol. The van der Waals surface area contributed by atoms with Gasteiger partial charge in [-0.15, -0.1) is 0 Å². The molecule has 2 atom stereocenters. The molecule has 2 aliphatic rings. The Balaban J connectivity index is 1.47. The summed E-state index contributed by atoms with van der Waals surface area (Å²) < 4.78 is 10.5. The fourth-order valence-corrected chi connectivity index (χ4v) is 6.07. The Morgan fingerprint density at radius 3 is 2.31 bits per heavy atom. The van der Waals surface area contributed by atoms with Crippen LogP contribution in [0.5, 0.6) is 0 Å². The predicted molar refractivity (Wildman–Crippen MR) is 166 cm³/mol. The number of rotatable bonds is 12. The Kier molecular flexibility index (Phi) is 10.9. The van der Waals surface area contributed by atoms with E-state index in [-0.39, 0.29) is 35.5 Å². The molecule has 8 nitrogen and oxygen atoms in total. The zero-order valence-corrected chi connectivity index (χ0v) is 26.0. The Labute approximate surface area is 251 Å². The van der Waals surface area contributed by atoms with E-state index in [2.05, 4.69) is 48.8 Å². The number of carbonyl (C=O) groups excluding carboxylic acids is 2. The van der Waals surface area contributed by atoms with Gasteiger partial charge in [0.05, 0.1) is 19.7 Å². The van der Waals surface area contributed by atoms with Crippen LogP contribution >= 0.6 is 0 Å². The van der Waals surface area contributed by atoms with Crippen molar-refractivity contribution >= 4 is 17.6 Å². The number of amidine groups is 1. The number of likely N-dealkylation sites (tertiary alicyclic amines) is 1. The van der Waals surface area contributed by atoms with E-state index in [0.717, 1.165) is 55.8 Å². The van der Waals surface area contributed by atoms with Crippen molar-refractivity contribution in [2.24, 2.45) is 5.92 Å². The maximum Gasteiger partial charge on any atom is 0.320 e.